The monoisotopic (exact) mass is 292 g/mol. The third-order valence-corrected chi connectivity index (χ3v) is 2.98. The molecule has 0 aliphatic carbocycles. The number of phenolic OH excluding ortho intramolecular Hbond substituents is 1. The van der Waals surface area contributed by atoms with Crippen LogP contribution in [0.1, 0.15) is 15.9 Å². The van der Waals surface area contributed by atoms with E-state index in [2.05, 4.69) is 5.32 Å². The predicted molar refractivity (Wildman–Crippen MR) is 74.9 cm³/mol. The second-order valence-corrected chi connectivity index (χ2v) is 4.50. The van der Waals surface area contributed by atoms with Crippen LogP contribution >= 0.6 is 0 Å². The zero-order valence-corrected chi connectivity index (χ0v) is 11.1. The zero-order chi connectivity index (χ0) is 15.4. The van der Waals surface area contributed by atoms with Crippen LogP contribution in [0.15, 0.2) is 36.4 Å². The van der Waals surface area contributed by atoms with Crippen molar-refractivity contribution in [2.24, 2.45) is 0 Å². The zero-order valence-electron chi connectivity index (χ0n) is 11.1. The Labute approximate surface area is 120 Å². The Balaban J connectivity index is 1.99. The highest BCUT2D eigenvalue weighted by atomic mass is 19.1. The molecule has 6 heteroatoms. The van der Waals surface area contributed by atoms with E-state index >= 15 is 0 Å². The predicted octanol–water partition coefficient (Wildman–Crippen LogP) is 2.23. The number of aromatic hydroxyl groups is 1. The molecule has 4 nitrogen and oxygen atoms in total. The van der Waals surface area contributed by atoms with Gasteiger partial charge in [0.15, 0.2) is 5.82 Å². The van der Waals surface area contributed by atoms with Crippen molar-refractivity contribution in [3.05, 3.63) is 59.2 Å². The molecule has 0 aliphatic rings. The number of nitrogens with one attached hydrogen (secondary N) is 1. The molecule has 2 aromatic carbocycles. The van der Waals surface area contributed by atoms with Gasteiger partial charge in [0.05, 0.1) is 5.69 Å². The quantitative estimate of drug-likeness (QED) is 0.756. The van der Waals surface area contributed by atoms with Gasteiger partial charge < -0.3 is 16.2 Å². The summed E-state index contributed by atoms with van der Waals surface area (Å²) >= 11 is 0. The lowest BCUT2D eigenvalue weighted by molar-refractivity contribution is 0.0946. The minimum atomic E-state index is -1.06. The van der Waals surface area contributed by atoms with E-state index in [0.29, 0.717) is 6.42 Å². The van der Waals surface area contributed by atoms with Gasteiger partial charge in [-0.2, -0.15) is 0 Å². The van der Waals surface area contributed by atoms with Crippen LogP contribution < -0.4 is 11.1 Å². The number of carbonyl (C=O) groups is 1. The molecule has 0 aliphatic heterocycles. The summed E-state index contributed by atoms with van der Waals surface area (Å²) in [4.78, 5) is 11.8. The van der Waals surface area contributed by atoms with Gasteiger partial charge in [-0.25, -0.2) is 8.78 Å². The van der Waals surface area contributed by atoms with Crippen LogP contribution in [0.5, 0.6) is 5.75 Å². The van der Waals surface area contributed by atoms with Crippen molar-refractivity contribution in [1.29, 1.82) is 0 Å². The number of nitrogen functional groups attached to an aromatic ring is 1. The normalized spacial score (nSPS) is 10.4. The highest BCUT2D eigenvalue weighted by Gasteiger charge is 2.19. The van der Waals surface area contributed by atoms with Gasteiger partial charge >= 0.3 is 0 Å². The molecular formula is C15H14F2N2O2. The van der Waals surface area contributed by atoms with Crippen LogP contribution in [0.2, 0.25) is 0 Å². The van der Waals surface area contributed by atoms with Crippen LogP contribution in [0.25, 0.3) is 0 Å². The highest BCUT2D eigenvalue weighted by Crippen LogP contribution is 2.18. The summed E-state index contributed by atoms with van der Waals surface area (Å²) in [5.74, 6) is -2.72. The van der Waals surface area contributed by atoms with Gasteiger partial charge in [0.25, 0.3) is 5.91 Å². The van der Waals surface area contributed by atoms with Crippen molar-refractivity contribution in [3.63, 3.8) is 0 Å². The minimum Gasteiger partial charge on any atom is -0.508 e. The van der Waals surface area contributed by atoms with Gasteiger partial charge in [0.1, 0.15) is 17.1 Å². The summed E-state index contributed by atoms with van der Waals surface area (Å²) in [7, 11) is 0. The number of halogens is 2. The topological polar surface area (TPSA) is 75.4 Å². The number of anilines is 1. The first-order valence-corrected chi connectivity index (χ1v) is 6.28. The molecule has 0 saturated carbocycles. The van der Waals surface area contributed by atoms with Crippen LogP contribution in [0.4, 0.5) is 14.5 Å². The van der Waals surface area contributed by atoms with Gasteiger partial charge in [-0.15, -0.1) is 0 Å². The van der Waals surface area contributed by atoms with E-state index in [-0.39, 0.29) is 18.0 Å². The summed E-state index contributed by atoms with van der Waals surface area (Å²) in [6, 6.07) is 8.46. The van der Waals surface area contributed by atoms with Gasteiger partial charge in [-0.3, -0.25) is 4.79 Å². The van der Waals surface area contributed by atoms with E-state index in [4.69, 9.17) is 10.8 Å². The third-order valence-electron chi connectivity index (χ3n) is 2.98. The Morgan fingerprint density at radius 3 is 2.48 bits per heavy atom. The van der Waals surface area contributed by atoms with Crippen LogP contribution in [0, 0.1) is 11.6 Å². The van der Waals surface area contributed by atoms with E-state index in [9.17, 15) is 13.6 Å². The first-order valence-electron chi connectivity index (χ1n) is 6.28. The van der Waals surface area contributed by atoms with Gasteiger partial charge in [0, 0.05) is 6.54 Å². The van der Waals surface area contributed by atoms with Crippen molar-refractivity contribution in [2.75, 3.05) is 12.3 Å². The molecular weight excluding hydrogens is 278 g/mol. The maximum absolute atomic E-state index is 13.7. The molecule has 21 heavy (non-hydrogen) atoms. The number of hydrogen-bond donors (Lipinski definition) is 3. The Morgan fingerprint density at radius 2 is 1.81 bits per heavy atom. The summed E-state index contributed by atoms with van der Waals surface area (Å²) in [5.41, 5.74) is 5.23. The van der Waals surface area contributed by atoms with Crippen molar-refractivity contribution in [3.8, 4) is 5.75 Å². The second-order valence-electron chi connectivity index (χ2n) is 4.50. The Hall–Kier alpha value is -2.63. The first-order chi connectivity index (χ1) is 9.99. The van der Waals surface area contributed by atoms with Crippen molar-refractivity contribution < 1.29 is 18.7 Å². The Kier molecular flexibility index (Phi) is 4.37. The van der Waals surface area contributed by atoms with E-state index < -0.39 is 23.1 Å². The fourth-order valence-corrected chi connectivity index (χ4v) is 1.85. The average Bonchev–Trinajstić information content (AvgIpc) is 2.45. The van der Waals surface area contributed by atoms with Gasteiger partial charge in [-0.1, -0.05) is 12.1 Å². The molecule has 0 saturated heterocycles. The van der Waals surface area contributed by atoms with E-state index in [1.165, 1.54) is 12.1 Å². The number of benzene rings is 2. The summed E-state index contributed by atoms with van der Waals surface area (Å²) in [6.07, 6.45) is 0.470. The molecule has 0 radical (unpaired) electrons. The molecule has 0 aromatic heterocycles. The maximum atomic E-state index is 13.7. The molecule has 0 atom stereocenters. The lowest BCUT2D eigenvalue weighted by atomic mass is 10.1. The lowest BCUT2D eigenvalue weighted by Gasteiger charge is -2.08. The van der Waals surface area contributed by atoms with Crippen molar-refractivity contribution in [2.45, 2.75) is 6.42 Å². The van der Waals surface area contributed by atoms with Gasteiger partial charge in [-0.05, 0) is 36.2 Å². The summed E-state index contributed by atoms with van der Waals surface area (Å²) < 4.78 is 27.1. The fourth-order valence-electron chi connectivity index (χ4n) is 1.85. The molecule has 2 rings (SSSR count). The largest absolute Gasteiger partial charge is 0.508 e. The van der Waals surface area contributed by atoms with E-state index in [1.54, 1.807) is 12.1 Å². The standard InChI is InChI=1S/C15H14F2N2O2/c16-11-5-6-12(18)14(17)13(11)15(21)19-8-7-9-1-3-10(20)4-2-9/h1-6,20H,7-8,18H2,(H,19,21). The van der Waals surface area contributed by atoms with E-state index in [0.717, 1.165) is 17.7 Å². The van der Waals surface area contributed by atoms with E-state index in [1.807, 2.05) is 0 Å². The summed E-state index contributed by atoms with van der Waals surface area (Å²) in [5, 5.41) is 11.6. The maximum Gasteiger partial charge on any atom is 0.257 e. The fraction of sp³-hybridized carbons (Fsp3) is 0.133. The molecule has 1 amide bonds. The number of rotatable bonds is 4. The van der Waals surface area contributed by atoms with Crippen molar-refractivity contribution >= 4 is 11.6 Å². The molecule has 0 heterocycles. The van der Waals surface area contributed by atoms with Crippen LogP contribution in [-0.4, -0.2) is 17.6 Å². The lowest BCUT2D eigenvalue weighted by Crippen LogP contribution is -2.27. The van der Waals surface area contributed by atoms with Crippen LogP contribution in [-0.2, 0) is 6.42 Å². The smallest absolute Gasteiger partial charge is 0.257 e. The number of amides is 1. The second kappa shape index (κ2) is 6.21. The summed E-state index contributed by atoms with van der Waals surface area (Å²) in [6.45, 7) is 0.206. The molecule has 0 bridgehead atoms. The molecule has 4 N–H and O–H groups in total. The highest BCUT2D eigenvalue weighted by molar-refractivity contribution is 5.95. The Morgan fingerprint density at radius 1 is 1.14 bits per heavy atom. The number of nitrogens with two attached hydrogens (primary N) is 1. The average molecular weight is 292 g/mol. The molecule has 0 fully saturated rings. The number of phenols is 1. The molecule has 0 spiro atoms. The van der Waals surface area contributed by atoms with Gasteiger partial charge in [0.2, 0.25) is 0 Å². The van der Waals surface area contributed by atoms with Crippen molar-refractivity contribution in [1.82, 2.24) is 5.32 Å². The number of carbonyl (C=O) groups excluding carboxylic acids is 1. The molecule has 0 unspecified atom stereocenters. The molecule has 2 aromatic rings. The van der Waals surface area contributed by atoms with Crippen LogP contribution in [0.3, 0.4) is 0 Å². The Bertz CT molecular complexity index is 657. The minimum absolute atomic E-state index is 0.145. The number of hydrogen-bond acceptors (Lipinski definition) is 3. The molecule has 110 valence electrons. The first kappa shape index (κ1) is 14.8. The third kappa shape index (κ3) is 3.47. The SMILES string of the molecule is Nc1ccc(F)c(C(=O)NCCc2ccc(O)cc2)c1F.